The van der Waals surface area contributed by atoms with Crippen LogP contribution in [-0.2, 0) is 0 Å². The zero-order chi connectivity index (χ0) is 14.5. The van der Waals surface area contributed by atoms with Crippen molar-refractivity contribution in [3.8, 4) is 11.8 Å². The van der Waals surface area contributed by atoms with Gasteiger partial charge >= 0.3 is 0 Å². The van der Waals surface area contributed by atoms with Crippen molar-refractivity contribution in [2.45, 2.75) is 32.7 Å². The zero-order valence-electron chi connectivity index (χ0n) is 12.1. The molecule has 1 amide bonds. The molecule has 2 atom stereocenters. The summed E-state index contributed by atoms with van der Waals surface area (Å²) >= 11 is 0. The first-order chi connectivity index (χ1) is 9.63. The van der Waals surface area contributed by atoms with Crippen LogP contribution in [0.5, 0.6) is 0 Å². The number of piperidine rings is 1. The molecule has 2 rings (SSSR count). The Labute approximate surface area is 120 Å². The van der Waals surface area contributed by atoms with E-state index in [1.165, 1.54) is 0 Å². The van der Waals surface area contributed by atoms with Crippen molar-refractivity contribution < 1.29 is 4.79 Å². The molecule has 0 bridgehead atoms. The molecule has 0 saturated carbocycles. The molecule has 1 aromatic heterocycles. The highest BCUT2D eigenvalue weighted by atomic mass is 16.2. The van der Waals surface area contributed by atoms with Gasteiger partial charge in [0.2, 0.25) is 0 Å². The van der Waals surface area contributed by atoms with Gasteiger partial charge in [0.25, 0.3) is 5.91 Å². The molecule has 0 aromatic carbocycles. The van der Waals surface area contributed by atoms with Gasteiger partial charge in [-0.15, -0.1) is 0 Å². The third kappa shape index (κ3) is 3.17. The highest BCUT2D eigenvalue weighted by molar-refractivity contribution is 5.96. The van der Waals surface area contributed by atoms with Crippen LogP contribution in [0.25, 0.3) is 0 Å². The Kier molecular flexibility index (Phi) is 4.75. The van der Waals surface area contributed by atoms with E-state index in [0.717, 1.165) is 19.4 Å². The van der Waals surface area contributed by atoms with Gasteiger partial charge in [0.15, 0.2) is 0 Å². The van der Waals surface area contributed by atoms with E-state index in [2.05, 4.69) is 30.7 Å². The van der Waals surface area contributed by atoms with Crippen molar-refractivity contribution in [1.29, 1.82) is 0 Å². The van der Waals surface area contributed by atoms with E-state index in [9.17, 15) is 4.79 Å². The van der Waals surface area contributed by atoms with Crippen LogP contribution < -0.4 is 5.73 Å². The van der Waals surface area contributed by atoms with E-state index < -0.39 is 0 Å². The van der Waals surface area contributed by atoms with Gasteiger partial charge in [-0.25, -0.2) is 0 Å². The van der Waals surface area contributed by atoms with Crippen LogP contribution in [0, 0.1) is 17.8 Å². The molecule has 1 aliphatic rings. The number of pyridine rings is 1. The first-order valence-corrected chi connectivity index (χ1v) is 7.07. The Bertz CT molecular complexity index is 544. The van der Waals surface area contributed by atoms with Crippen molar-refractivity contribution in [2.75, 3.05) is 13.1 Å². The molecular weight excluding hydrogens is 250 g/mol. The zero-order valence-corrected chi connectivity index (χ0v) is 12.1. The molecule has 0 radical (unpaired) electrons. The molecule has 1 saturated heterocycles. The summed E-state index contributed by atoms with van der Waals surface area (Å²) in [5, 5.41) is 0. The van der Waals surface area contributed by atoms with E-state index in [-0.39, 0.29) is 18.5 Å². The Morgan fingerprint density at radius 2 is 2.35 bits per heavy atom. The maximum atomic E-state index is 12.7. The van der Waals surface area contributed by atoms with E-state index in [0.29, 0.717) is 17.0 Å². The molecule has 1 aromatic rings. The van der Waals surface area contributed by atoms with Gasteiger partial charge in [-0.3, -0.25) is 9.78 Å². The molecule has 1 aliphatic heterocycles. The Morgan fingerprint density at radius 3 is 3.05 bits per heavy atom. The van der Waals surface area contributed by atoms with Crippen molar-refractivity contribution >= 4 is 5.91 Å². The monoisotopic (exact) mass is 271 g/mol. The fraction of sp³-hybridized carbons (Fsp3) is 0.500. The number of likely N-dealkylation sites (tertiary alicyclic amines) is 1. The average Bonchev–Trinajstić information content (AvgIpc) is 2.45. The molecule has 2 N–H and O–H groups in total. The molecule has 2 heterocycles. The molecular formula is C16H21N3O. The molecule has 106 valence electrons. The van der Waals surface area contributed by atoms with Gasteiger partial charge in [-0.05, 0) is 31.7 Å². The maximum absolute atomic E-state index is 12.7. The third-order valence-corrected chi connectivity index (χ3v) is 3.78. The number of nitrogens with zero attached hydrogens (tertiary/aromatic N) is 2. The smallest absolute Gasteiger partial charge is 0.255 e. The normalized spacial score (nSPS) is 22.1. The molecule has 0 spiro atoms. The van der Waals surface area contributed by atoms with Gasteiger partial charge in [0.05, 0.1) is 17.7 Å². The number of aromatic nitrogens is 1. The third-order valence-electron chi connectivity index (χ3n) is 3.78. The van der Waals surface area contributed by atoms with Crippen LogP contribution in [0.1, 0.15) is 42.6 Å². The topological polar surface area (TPSA) is 59.2 Å². The lowest BCUT2D eigenvalue weighted by Gasteiger charge is -2.36. The summed E-state index contributed by atoms with van der Waals surface area (Å²) in [6, 6.07) is 2.02. The van der Waals surface area contributed by atoms with Gasteiger partial charge in [0, 0.05) is 25.0 Å². The van der Waals surface area contributed by atoms with Crippen molar-refractivity contribution in [3.05, 3.63) is 29.6 Å². The van der Waals surface area contributed by atoms with Crippen LogP contribution in [-0.4, -0.2) is 34.9 Å². The number of nitrogens with two attached hydrogens (primary N) is 1. The molecule has 20 heavy (non-hydrogen) atoms. The summed E-state index contributed by atoms with van der Waals surface area (Å²) in [4.78, 5) is 18.7. The van der Waals surface area contributed by atoms with Crippen molar-refractivity contribution in [1.82, 2.24) is 9.88 Å². The largest absolute Gasteiger partial charge is 0.336 e. The fourth-order valence-electron chi connectivity index (χ4n) is 2.69. The minimum absolute atomic E-state index is 0.0492. The number of carbonyl (C=O) groups excluding carboxylic acids is 1. The van der Waals surface area contributed by atoms with Crippen LogP contribution >= 0.6 is 0 Å². The fourth-order valence-corrected chi connectivity index (χ4v) is 2.69. The summed E-state index contributed by atoms with van der Waals surface area (Å²) in [7, 11) is 0. The number of hydrogen-bond acceptors (Lipinski definition) is 3. The number of carbonyl (C=O) groups is 1. The summed E-state index contributed by atoms with van der Waals surface area (Å²) in [5.74, 6) is 6.45. The Balaban J connectivity index is 2.25. The lowest BCUT2D eigenvalue weighted by atomic mass is 9.92. The van der Waals surface area contributed by atoms with E-state index in [1.54, 1.807) is 18.5 Å². The van der Waals surface area contributed by atoms with E-state index >= 15 is 0 Å². The second-order valence-electron chi connectivity index (χ2n) is 5.40. The lowest BCUT2D eigenvalue weighted by Crippen LogP contribution is -2.44. The van der Waals surface area contributed by atoms with Crippen LogP contribution in [0.15, 0.2) is 18.5 Å². The summed E-state index contributed by atoms with van der Waals surface area (Å²) in [6.45, 7) is 5.44. The summed E-state index contributed by atoms with van der Waals surface area (Å²) in [5.41, 5.74) is 6.68. The second-order valence-corrected chi connectivity index (χ2v) is 5.40. The van der Waals surface area contributed by atoms with Crippen LogP contribution in [0.2, 0.25) is 0 Å². The molecule has 0 aliphatic carbocycles. The van der Waals surface area contributed by atoms with Crippen molar-refractivity contribution in [2.24, 2.45) is 11.7 Å². The summed E-state index contributed by atoms with van der Waals surface area (Å²) in [6.07, 6.45) is 5.39. The number of hydrogen-bond donors (Lipinski definition) is 1. The number of amides is 1. The Hall–Kier alpha value is -1.86. The minimum atomic E-state index is 0.0492. The van der Waals surface area contributed by atoms with Gasteiger partial charge in [-0.1, -0.05) is 18.8 Å². The second kappa shape index (κ2) is 6.53. The predicted molar refractivity (Wildman–Crippen MR) is 79.1 cm³/mol. The molecule has 2 unspecified atom stereocenters. The Morgan fingerprint density at radius 1 is 1.55 bits per heavy atom. The average molecular weight is 271 g/mol. The molecule has 1 fully saturated rings. The van der Waals surface area contributed by atoms with E-state index in [1.807, 2.05) is 4.90 Å². The highest BCUT2D eigenvalue weighted by Gasteiger charge is 2.28. The standard InChI is InChI=1S/C16H21N3O/c1-12-6-9-19(13(2)10-12)16(20)15-5-8-18-11-14(15)4-3-7-17/h5,8,11-13H,6-7,9-10,17H2,1-2H3. The minimum Gasteiger partial charge on any atom is -0.336 e. The van der Waals surface area contributed by atoms with E-state index in [4.69, 9.17) is 5.73 Å². The van der Waals surface area contributed by atoms with Crippen LogP contribution in [0.3, 0.4) is 0 Å². The van der Waals surface area contributed by atoms with Gasteiger partial charge < -0.3 is 10.6 Å². The molecule has 4 nitrogen and oxygen atoms in total. The SMILES string of the molecule is CC1CCN(C(=O)c2ccncc2C#CCN)C(C)C1. The molecule has 4 heteroatoms. The first kappa shape index (κ1) is 14.5. The summed E-state index contributed by atoms with van der Waals surface area (Å²) < 4.78 is 0. The lowest BCUT2D eigenvalue weighted by molar-refractivity contribution is 0.0588. The van der Waals surface area contributed by atoms with Crippen LogP contribution in [0.4, 0.5) is 0 Å². The highest BCUT2D eigenvalue weighted by Crippen LogP contribution is 2.24. The first-order valence-electron chi connectivity index (χ1n) is 7.07. The van der Waals surface area contributed by atoms with Crippen molar-refractivity contribution in [3.63, 3.8) is 0 Å². The quantitative estimate of drug-likeness (QED) is 0.790. The maximum Gasteiger partial charge on any atom is 0.255 e. The predicted octanol–water partition coefficient (Wildman–Crippen LogP) is 1.65. The van der Waals surface area contributed by atoms with Gasteiger partial charge in [-0.2, -0.15) is 0 Å². The van der Waals surface area contributed by atoms with Gasteiger partial charge in [0.1, 0.15) is 0 Å². The number of rotatable bonds is 1.